The van der Waals surface area contributed by atoms with Crippen molar-refractivity contribution >= 4 is 11.6 Å². The first-order chi connectivity index (χ1) is 10.1. The molecule has 1 aromatic rings. The normalized spacial score (nSPS) is 18.6. The first kappa shape index (κ1) is 14.0. The number of anilines is 1. The number of piperazine rings is 1. The molecule has 2 aliphatic heterocycles. The van der Waals surface area contributed by atoms with Crippen LogP contribution in [0.3, 0.4) is 0 Å². The van der Waals surface area contributed by atoms with E-state index in [4.69, 9.17) is 15.2 Å². The summed E-state index contributed by atoms with van der Waals surface area (Å²) in [4.78, 5) is 15.5. The minimum atomic E-state index is 0.147. The molecule has 3 rings (SSSR count). The Morgan fingerprint density at radius 1 is 1.14 bits per heavy atom. The number of hydrogen-bond donors (Lipinski definition) is 1. The molecule has 0 aromatic heterocycles. The van der Waals surface area contributed by atoms with Gasteiger partial charge in [0.25, 0.3) is 0 Å². The fourth-order valence-electron chi connectivity index (χ4n) is 2.75. The van der Waals surface area contributed by atoms with Crippen molar-refractivity contribution in [2.75, 3.05) is 45.1 Å². The molecule has 1 fully saturated rings. The number of amides is 1. The maximum absolute atomic E-state index is 11.3. The van der Waals surface area contributed by atoms with Gasteiger partial charge in [0.1, 0.15) is 13.2 Å². The Labute approximate surface area is 124 Å². The van der Waals surface area contributed by atoms with E-state index in [2.05, 4.69) is 4.90 Å². The van der Waals surface area contributed by atoms with E-state index in [1.165, 1.54) is 0 Å². The molecule has 6 heteroatoms. The zero-order valence-electron chi connectivity index (χ0n) is 12.3. The van der Waals surface area contributed by atoms with Crippen molar-refractivity contribution in [3.8, 4) is 11.5 Å². The number of benzene rings is 1. The van der Waals surface area contributed by atoms with E-state index in [1.54, 1.807) is 6.92 Å². The van der Waals surface area contributed by atoms with Crippen LogP contribution in [0, 0.1) is 0 Å². The van der Waals surface area contributed by atoms with Crippen LogP contribution >= 0.6 is 0 Å². The summed E-state index contributed by atoms with van der Waals surface area (Å²) >= 11 is 0. The maximum atomic E-state index is 11.3. The number of nitrogens with two attached hydrogens (primary N) is 1. The van der Waals surface area contributed by atoms with Gasteiger partial charge < -0.3 is 20.1 Å². The average molecular weight is 291 g/mol. The van der Waals surface area contributed by atoms with Crippen molar-refractivity contribution in [3.05, 3.63) is 17.7 Å². The summed E-state index contributed by atoms with van der Waals surface area (Å²) < 4.78 is 11.1. The van der Waals surface area contributed by atoms with Crippen LogP contribution in [-0.4, -0.2) is 55.1 Å². The molecule has 0 bridgehead atoms. The van der Waals surface area contributed by atoms with Gasteiger partial charge in [0.15, 0.2) is 11.5 Å². The SMILES string of the molecule is CC(=O)N1CCN(Cc2cc3c(cc2N)OCCO3)CC1. The highest BCUT2D eigenvalue weighted by Gasteiger charge is 2.21. The monoisotopic (exact) mass is 291 g/mol. The lowest BCUT2D eigenvalue weighted by atomic mass is 10.1. The Bertz CT molecular complexity index is 539. The summed E-state index contributed by atoms with van der Waals surface area (Å²) in [5.74, 6) is 1.64. The van der Waals surface area contributed by atoms with Gasteiger partial charge in [0, 0.05) is 51.4 Å². The van der Waals surface area contributed by atoms with Gasteiger partial charge in [-0.05, 0) is 11.6 Å². The number of rotatable bonds is 2. The second-order valence-electron chi connectivity index (χ2n) is 5.48. The van der Waals surface area contributed by atoms with Crippen LogP contribution in [0.2, 0.25) is 0 Å². The molecular formula is C15H21N3O3. The number of fused-ring (bicyclic) bond motifs is 1. The third-order valence-electron chi connectivity index (χ3n) is 4.02. The molecule has 0 aliphatic carbocycles. The number of carbonyl (C=O) groups excluding carboxylic acids is 1. The molecule has 2 N–H and O–H groups in total. The van der Waals surface area contributed by atoms with Gasteiger partial charge >= 0.3 is 0 Å². The molecule has 0 saturated carbocycles. The Balaban J connectivity index is 1.67. The lowest BCUT2D eigenvalue weighted by Gasteiger charge is -2.34. The fourth-order valence-corrected chi connectivity index (χ4v) is 2.75. The van der Waals surface area contributed by atoms with Gasteiger partial charge in [-0.25, -0.2) is 0 Å². The molecular weight excluding hydrogens is 270 g/mol. The largest absolute Gasteiger partial charge is 0.486 e. The van der Waals surface area contributed by atoms with Crippen LogP contribution in [0.4, 0.5) is 5.69 Å². The van der Waals surface area contributed by atoms with E-state index < -0.39 is 0 Å². The number of nitrogens with zero attached hydrogens (tertiary/aromatic N) is 2. The molecule has 1 saturated heterocycles. The van der Waals surface area contributed by atoms with E-state index in [1.807, 2.05) is 17.0 Å². The Morgan fingerprint density at radius 2 is 1.76 bits per heavy atom. The Hall–Kier alpha value is -1.95. The summed E-state index contributed by atoms with van der Waals surface area (Å²) in [6.45, 7) is 6.83. The Morgan fingerprint density at radius 3 is 2.38 bits per heavy atom. The second-order valence-corrected chi connectivity index (χ2v) is 5.48. The van der Waals surface area contributed by atoms with E-state index in [9.17, 15) is 4.79 Å². The zero-order chi connectivity index (χ0) is 14.8. The van der Waals surface area contributed by atoms with Crippen molar-refractivity contribution in [3.63, 3.8) is 0 Å². The Kier molecular flexibility index (Phi) is 3.88. The summed E-state index contributed by atoms with van der Waals surface area (Å²) in [7, 11) is 0. The highest BCUT2D eigenvalue weighted by Crippen LogP contribution is 2.34. The van der Waals surface area contributed by atoms with Gasteiger partial charge in [-0.1, -0.05) is 0 Å². The molecule has 0 spiro atoms. The topological polar surface area (TPSA) is 68.0 Å². The first-order valence-corrected chi connectivity index (χ1v) is 7.29. The smallest absolute Gasteiger partial charge is 0.219 e. The summed E-state index contributed by atoms with van der Waals surface area (Å²) in [6.07, 6.45) is 0. The van der Waals surface area contributed by atoms with Crippen molar-refractivity contribution in [2.24, 2.45) is 0 Å². The lowest BCUT2D eigenvalue weighted by molar-refractivity contribution is -0.130. The summed E-state index contributed by atoms with van der Waals surface area (Å²) in [6, 6.07) is 3.82. The molecule has 6 nitrogen and oxygen atoms in total. The van der Waals surface area contributed by atoms with Crippen LogP contribution in [0.25, 0.3) is 0 Å². The number of ether oxygens (including phenoxy) is 2. The quantitative estimate of drug-likeness (QED) is 0.813. The minimum absolute atomic E-state index is 0.147. The minimum Gasteiger partial charge on any atom is -0.486 e. The zero-order valence-corrected chi connectivity index (χ0v) is 12.3. The predicted octanol–water partition coefficient (Wildman–Crippen LogP) is 0.704. The molecule has 0 unspecified atom stereocenters. The second kappa shape index (κ2) is 5.81. The van der Waals surface area contributed by atoms with Crippen molar-refractivity contribution in [1.29, 1.82) is 0 Å². The number of nitrogen functional groups attached to an aromatic ring is 1. The highest BCUT2D eigenvalue weighted by molar-refractivity contribution is 5.73. The standard InChI is InChI=1S/C15H21N3O3/c1-11(19)18-4-2-17(3-5-18)10-12-8-14-15(9-13(12)16)21-7-6-20-14/h8-9H,2-7,10,16H2,1H3. The molecule has 0 atom stereocenters. The molecule has 1 amide bonds. The lowest BCUT2D eigenvalue weighted by Crippen LogP contribution is -2.47. The van der Waals surface area contributed by atoms with E-state index >= 15 is 0 Å². The fraction of sp³-hybridized carbons (Fsp3) is 0.533. The summed E-state index contributed by atoms with van der Waals surface area (Å²) in [5.41, 5.74) is 7.89. The third-order valence-corrected chi connectivity index (χ3v) is 4.02. The molecule has 2 heterocycles. The van der Waals surface area contributed by atoms with Gasteiger partial charge in [0.05, 0.1) is 0 Å². The van der Waals surface area contributed by atoms with Crippen LogP contribution in [-0.2, 0) is 11.3 Å². The van der Waals surface area contributed by atoms with Gasteiger partial charge in [-0.2, -0.15) is 0 Å². The highest BCUT2D eigenvalue weighted by atomic mass is 16.6. The van der Waals surface area contributed by atoms with Crippen molar-refractivity contribution in [1.82, 2.24) is 9.80 Å². The van der Waals surface area contributed by atoms with Gasteiger partial charge in [0.2, 0.25) is 5.91 Å². The first-order valence-electron chi connectivity index (χ1n) is 7.29. The maximum Gasteiger partial charge on any atom is 0.219 e. The molecule has 0 radical (unpaired) electrons. The third kappa shape index (κ3) is 3.05. The predicted molar refractivity (Wildman–Crippen MR) is 79.4 cm³/mol. The van der Waals surface area contributed by atoms with E-state index in [0.29, 0.717) is 13.2 Å². The van der Waals surface area contributed by atoms with Crippen LogP contribution in [0.5, 0.6) is 11.5 Å². The van der Waals surface area contributed by atoms with Crippen LogP contribution in [0.15, 0.2) is 12.1 Å². The molecule has 2 aliphatic rings. The summed E-state index contributed by atoms with van der Waals surface area (Å²) in [5, 5.41) is 0. The van der Waals surface area contributed by atoms with Crippen molar-refractivity contribution < 1.29 is 14.3 Å². The van der Waals surface area contributed by atoms with Crippen molar-refractivity contribution in [2.45, 2.75) is 13.5 Å². The molecule has 1 aromatic carbocycles. The van der Waals surface area contributed by atoms with E-state index in [-0.39, 0.29) is 5.91 Å². The molecule has 114 valence electrons. The average Bonchev–Trinajstić information content (AvgIpc) is 2.48. The van der Waals surface area contributed by atoms with Crippen LogP contribution in [0.1, 0.15) is 12.5 Å². The number of carbonyl (C=O) groups is 1. The van der Waals surface area contributed by atoms with Crippen LogP contribution < -0.4 is 15.2 Å². The van der Waals surface area contributed by atoms with E-state index in [0.717, 1.165) is 55.5 Å². The van der Waals surface area contributed by atoms with Gasteiger partial charge in [-0.15, -0.1) is 0 Å². The number of hydrogen-bond acceptors (Lipinski definition) is 5. The van der Waals surface area contributed by atoms with Gasteiger partial charge in [-0.3, -0.25) is 9.69 Å². The molecule has 21 heavy (non-hydrogen) atoms.